The lowest BCUT2D eigenvalue weighted by Crippen LogP contribution is -2.52. The number of benzene rings is 1. The van der Waals surface area contributed by atoms with Gasteiger partial charge in [-0.25, -0.2) is 0 Å². The van der Waals surface area contributed by atoms with Gasteiger partial charge >= 0.3 is 0 Å². The molecule has 0 bridgehead atoms. The molecular weight excluding hydrogens is 340 g/mol. The zero-order chi connectivity index (χ0) is 15.0. The van der Waals surface area contributed by atoms with Crippen molar-refractivity contribution in [3.05, 3.63) is 28.8 Å². The molecule has 0 N–H and O–H groups in total. The molecule has 1 aromatic carbocycles. The molecule has 0 radical (unpaired) electrons. The van der Waals surface area contributed by atoms with Gasteiger partial charge in [-0.15, -0.1) is 0 Å². The van der Waals surface area contributed by atoms with Crippen LogP contribution in [0.3, 0.4) is 0 Å². The number of alkyl halides is 1. The summed E-state index contributed by atoms with van der Waals surface area (Å²) in [5, 5.41) is 1.64. The van der Waals surface area contributed by atoms with E-state index in [0.717, 1.165) is 34.5 Å². The lowest BCUT2D eigenvalue weighted by atomic mass is 9.85. The summed E-state index contributed by atoms with van der Waals surface area (Å²) < 4.78 is 12.4. The van der Waals surface area contributed by atoms with Crippen molar-refractivity contribution >= 4 is 27.5 Å². The molecule has 20 heavy (non-hydrogen) atoms. The normalized spacial score (nSPS) is 26.8. The van der Waals surface area contributed by atoms with E-state index in [1.54, 1.807) is 0 Å². The summed E-state index contributed by atoms with van der Waals surface area (Å²) >= 11 is 9.56. The Morgan fingerprint density at radius 2 is 2.20 bits per heavy atom. The van der Waals surface area contributed by atoms with Gasteiger partial charge in [-0.1, -0.05) is 27.5 Å². The average Bonchev–Trinajstić information content (AvgIpc) is 2.77. The highest BCUT2D eigenvalue weighted by molar-refractivity contribution is 9.09. The molecule has 1 aliphatic heterocycles. The van der Waals surface area contributed by atoms with Crippen molar-refractivity contribution in [2.24, 2.45) is 0 Å². The summed E-state index contributed by atoms with van der Waals surface area (Å²) in [5.41, 5.74) is 0.346. The minimum absolute atomic E-state index is 0.273. The summed E-state index contributed by atoms with van der Waals surface area (Å²) in [5.74, 6) is 0.837. The van der Waals surface area contributed by atoms with Crippen LogP contribution in [0.1, 0.15) is 39.2 Å². The van der Waals surface area contributed by atoms with E-state index in [0.29, 0.717) is 0 Å². The van der Waals surface area contributed by atoms with Crippen LogP contribution >= 0.6 is 27.5 Å². The largest absolute Gasteiger partial charge is 0.485 e. The monoisotopic (exact) mass is 360 g/mol. The van der Waals surface area contributed by atoms with Gasteiger partial charge in [0.05, 0.1) is 6.10 Å². The molecule has 1 heterocycles. The maximum Gasteiger partial charge on any atom is 0.132 e. The van der Waals surface area contributed by atoms with E-state index < -0.39 is 5.60 Å². The fourth-order valence-corrected chi connectivity index (χ4v) is 3.13. The topological polar surface area (TPSA) is 18.5 Å². The third kappa shape index (κ3) is 3.15. The molecule has 112 valence electrons. The molecule has 0 aromatic heterocycles. The number of rotatable bonds is 4. The summed E-state index contributed by atoms with van der Waals surface area (Å²) in [7, 11) is 0. The average molecular weight is 362 g/mol. The van der Waals surface area contributed by atoms with Gasteiger partial charge in [0.2, 0.25) is 0 Å². The Hall–Kier alpha value is -0.250. The molecule has 1 fully saturated rings. The van der Waals surface area contributed by atoms with Crippen molar-refractivity contribution in [1.29, 1.82) is 0 Å². The Bertz CT molecular complexity index is 489. The minimum atomic E-state index is -0.399. The Labute approximate surface area is 134 Å². The molecular formula is C16H22BrClO2. The maximum absolute atomic E-state index is 6.22. The van der Waals surface area contributed by atoms with Crippen LogP contribution in [0, 0.1) is 6.92 Å². The van der Waals surface area contributed by atoms with E-state index in [-0.39, 0.29) is 11.7 Å². The highest BCUT2D eigenvalue weighted by atomic mass is 79.9. The predicted octanol–water partition coefficient (Wildman–Crippen LogP) is 5.14. The summed E-state index contributed by atoms with van der Waals surface area (Å²) in [6.07, 6.45) is 2.34. The molecule has 1 aromatic rings. The number of hydrogen-bond acceptors (Lipinski definition) is 2. The Balaban J connectivity index is 2.16. The first-order chi connectivity index (χ1) is 9.27. The van der Waals surface area contributed by atoms with Crippen molar-refractivity contribution in [2.75, 3.05) is 5.33 Å². The van der Waals surface area contributed by atoms with E-state index in [9.17, 15) is 0 Å². The number of ether oxygens (including phenoxy) is 2. The molecule has 1 aliphatic rings. The fourth-order valence-electron chi connectivity index (χ4n) is 2.56. The quantitative estimate of drug-likeness (QED) is 0.691. The fraction of sp³-hybridized carbons (Fsp3) is 0.625. The van der Waals surface area contributed by atoms with Gasteiger partial charge < -0.3 is 9.47 Å². The summed E-state index contributed by atoms with van der Waals surface area (Å²) in [6, 6.07) is 5.77. The zero-order valence-electron chi connectivity index (χ0n) is 12.5. The number of aryl methyl sites for hydroxylation is 1. The molecule has 0 aliphatic carbocycles. The molecule has 0 amide bonds. The molecule has 0 spiro atoms. The third-order valence-corrected chi connectivity index (χ3v) is 5.46. The molecule has 1 saturated heterocycles. The first kappa shape index (κ1) is 16.1. The van der Waals surface area contributed by atoms with Crippen LogP contribution in [0.15, 0.2) is 18.2 Å². The summed E-state index contributed by atoms with van der Waals surface area (Å²) in [6.45, 7) is 8.30. The van der Waals surface area contributed by atoms with Crippen molar-refractivity contribution in [2.45, 2.75) is 57.8 Å². The lowest BCUT2D eigenvalue weighted by Gasteiger charge is -2.41. The Kier molecular flexibility index (Phi) is 4.73. The second-order valence-electron chi connectivity index (χ2n) is 6.19. The lowest BCUT2D eigenvalue weighted by molar-refractivity contribution is -0.132. The van der Waals surface area contributed by atoms with Crippen LogP contribution in [-0.4, -0.2) is 22.6 Å². The SMILES string of the molecule is Cc1cc(OC(C)(C)C2(C)CCC(CBr)O2)ccc1Cl. The van der Waals surface area contributed by atoms with Gasteiger partial charge in [-0.2, -0.15) is 0 Å². The van der Waals surface area contributed by atoms with E-state index in [4.69, 9.17) is 21.1 Å². The smallest absolute Gasteiger partial charge is 0.132 e. The van der Waals surface area contributed by atoms with E-state index in [1.165, 1.54) is 0 Å². The van der Waals surface area contributed by atoms with Gasteiger partial charge in [0.25, 0.3) is 0 Å². The molecule has 2 nitrogen and oxygen atoms in total. The van der Waals surface area contributed by atoms with Crippen LogP contribution in [0.25, 0.3) is 0 Å². The second-order valence-corrected chi connectivity index (χ2v) is 7.24. The second kappa shape index (κ2) is 5.86. The van der Waals surface area contributed by atoms with E-state index >= 15 is 0 Å². The highest BCUT2D eigenvalue weighted by Gasteiger charge is 2.49. The standard InChI is InChI=1S/C16H22BrClO2/c1-11-9-12(5-6-14(11)18)19-15(2,3)16(4)8-7-13(10-17)20-16/h5-6,9,13H,7-8,10H2,1-4H3. The number of halogens is 2. The summed E-state index contributed by atoms with van der Waals surface area (Å²) in [4.78, 5) is 0. The van der Waals surface area contributed by atoms with Gasteiger partial charge in [0.15, 0.2) is 0 Å². The first-order valence-corrected chi connectivity index (χ1v) is 8.46. The maximum atomic E-state index is 6.22. The highest BCUT2D eigenvalue weighted by Crippen LogP contribution is 2.41. The minimum Gasteiger partial charge on any atom is -0.485 e. The van der Waals surface area contributed by atoms with Gasteiger partial charge in [0.1, 0.15) is 17.0 Å². The van der Waals surface area contributed by atoms with E-state index in [2.05, 4.69) is 36.7 Å². The molecule has 0 saturated carbocycles. The van der Waals surface area contributed by atoms with E-state index in [1.807, 2.05) is 25.1 Å². The molecule has 4 heteroatoms. The van der Waals surface area contributed by atoms with Gasteiger partial charge in [0, 0.05) is 10.4 Å². The van der Waals surface area contributed by atoms with Crippen molar-refractivity contribution in [1.82, 2.24) is 0 Å². The zero-order valence-corrected chi connectivity index (χ0v) is 14.8. The van der Waals surface area contributed by atoms with Crippen LogP contribution < -0.4 is 4.74 Å². The van der Waals surface area contributed by atoms with Gasteiger partial charge in [-0.05, 0) is 64.3 Å². The van der Waals surface area contributed by atoms with Crippen LogP contribution in [0.5, 0.6) is 5.75 Å². The van der Waals surface area contributed by atoms with Gasteiger partial charge in [-0.3, -0.25) is 0 Å². The molecule has 2 unspecified atom stereocenters. The van der Waals surface area contributed by atoms with Crippen LogP contribution in [0.2, 0.25) is 5.02 Å². The van der Waals surface area contributed by atoms with Crippen molar-refractivity contribution in [3.63, 3.8) is 0 Å². The van der Waals surface area contributed by atoms with Crippen LogP contribution in [0.4, 0.5) is 0 Å². The Morgan fingerprint density at radius 3 is 2.75 bits per heavy atom. The molecule has 2 rings (SSSR count). The van der Waals surface area contributed by atoms with Crippen LogP contribution in [-0.2, 0) is 4.74 Å². The third-order valence-electron chi connectivity index (χ3n) is 4.32. The first-order valence-electron chi connectivity index (χ1n) is 6.96. The van der Waals surface area contributed by atoms with Crippen molar-refractivity contribution < 1.29 is 9.47 Å². The Morgan fingerprint density at radius 1 is 1.50 bits per heavy atom. The van der Waals surface area contributed by atoms with Crippen molar-refractivity contribution in [3.8, 4) is 5.75 Å². The predicted molar refractivity (Wildman–Crippen MR) is 87.2 cm³/mol. The number of hydrogen-bond donors (Lipinski definition) is 0. The molecule has 2 atom stereocenters.